The minimum Gasteiger partial charge on any atom is -0.358 e. The largest absolute Gasteiger partial charge is 0.358 e. The molecule has 0 saturated heterocycles. The summed E-state index contributed by atoms with van der Waals surface area (Å²) in [6, 6.07) is 8.07. The second-order valence-electron chi connectivity index (χ2n) is 7.71. The molecule has 2 N–H and O–H groups in total. The number of aromatic nitrogens is 1. The van der Waals surface area contributed by atoms with Crippen LogP contribution < -0.4 is 4.72 Å². The molecule has 1 aromatic heterocycles. The van der Waals surface area contributed by atoms with Crippen LogP contribution in [0.4, 0.5) is 0 Å². The van der Waals surface area contributed by atoms with E-state index in [1.54, 1.807) is 20.8 Å². The van der Waals surface area contributed by atoms with Crippen LogP contribution >= 0.6 is 11.6 Å². The number of nitrogens with one attached hydrogen (secondary N) is 2. The summed E-state index contributed by atoms with van der Waals surface area (Å²) in [7, 11) is -3.28. The van der Waals surface area contributed by atoms with Gasteiger partial charge in [0.05, 0.1) is 4.75 Å². The van der Waals surface area contributed by atoms with Gasteiger partial charge in [-0.25, -0.2) is 13.1 Å². The second-order valence-corrected chi connectivity index (χ2v) is 10.6. The molecule has 1 aromatic carbocycles. The number of H-pyrrole nitrogens is 1. The quantitative estimate of drug-likeness (QED) is 0.833. The summed E-state index contributed by atoms with van der Waals surface area (Å²) in [5, 5.41) is 1.83. The van der Waals surface area contributed by atoms with E-state index in [1.807, 2.05) is 18.2 Å². The summed E-state index contributed by atoms with van der Waals surface area (Å²) in [5.74, 6) is 0.434. The lowest BCUT2D eigenvalue weighted by molar-refractivity contribution is 0.368. The van der Waals surface area contributed by atoms with E-state index in [4.69, 9.17) is 11.6 Å². The Bertz CT molecular complexity index is 828. The third-order valence-electron chi connectivity index (χ3n) is 4.93. The van der Waals surface area contributed by atoms with Gasteiger partial charge in [0.25, 0.3) is 0 Å². The van der Waals surface area contributed by atoms with Gasteiger partial charge in [-0.2, -0.15) is 0 Å². The van der Waals surface area contributed by atoms with E-state index in [0.29, 0.717) is 5.92 Å². The molecule has 2 aromatic rings. The lowest BCUT2D eigenvalue weighted by Crippen LogP contribution is -2.45. The highest BCUT2D eigenvalue weighted by molar-refractivity contribution is 7.90. The molecule has 0 spiro atoms. The van der Waals surface area contributed by atoms with E-state index < -0.39 is 14.8 Å². The highest BCUT2D eigenvalue weighted by atomic mass is 35.5. The maximum Gasteiger partial charge on any atom is 0.216 e. The summed E-state index contributed by atoms with van der Waals surface area (Å²) in [4.78, 5) is 3.47. The molecular weight excluding hydrogens is 344 g/mol. The Morgan fingerprint density at radius 1 is 1.17 bits per heavy atom. The molecule has 1 aliphatic rings. The number of benzene rings is 1. The fourth-order valence-electron chi connectivity index (χ4n) is 3.28. The maximum atomic E-state index is 12.3. The zero-order chi connectivity index (χ0) is 17.5. The van der Waals surface area contributed by atoms with Crippen LogP contribution in [-0.4, -0.2) is 24.2 Å². The average molecular weight is 369 g/mol. The summed E-state index contributed by atoms with van der Waals surface area (Å²) in [6.07, 6.45) is 3.68. The van der Waals surface area contributed by atoms with Crippen LogP contribution in [0.3, 0.4) is 0 Å². The van der Waals surface area contributed by atoms with E-state index in [1.165, 1.54) is 5.69 Å². The SMILES string of the molecule is CC(C)(C)S(=O)(=O)N[C@H]1CC[C@H](c2cc3c(Cl)cccc3[nH]2)CC1. The average Bonchev–Trinajstić information content (AvgIpc) is 2.92. The van der Waals surface area contributed by atoms with Crippen molar-refractivity contribution in [3.63, 3.8) is 0 Å². The molecule has 24 heavy (non-hydrogen) atoms. The van der Waals surface area contributed by atoms with Crippen LogP contribution in [0.25, 0.3) is 10.9 Å². The van der Waals surface area contributed by atoms with Gasteiger partial charge in [-0.1, -0.05) is 17.7 Å². The zero-order valence-corrected chi connectivity index (χ0v) is 16.0. The molecule has 6 heteroatoms. The number of hydrogen-bond acceptors (Lipinski definition) is 2. The minimum atomic E-state index is -3.28. The molecule has 0 bridgehead atoms. The van der Waals surface area contributed by atoms with Gasteiger partial charge in [0.1, 0.15) is 0 Å². The first-order chi connectivity index (χ1) is 11.2. The van der Waals surface area contributed by atoms with Gasteiger partial charge in [-0.3, -0.25) is 0 Å². The third-order valence-corrected chi connectivity index (χ3v) is 7.51. The van der Waals surface area contributed by atoms with Gasteiger partial charge in [-0.15, -0.1) is 0 Å². The monoisotopic (exact) mass is 368 g/mol. The van der Waals surface area contributed by atoms with Crippen molar-refractivity contribution in [1.29, 1.82) is 0 Å². The maximum absolute atomic E-state index is 12.3. The topological polar surface area (TPSA) is 62.0 Å². The number of sulfonamides is 1. The Labute approximate surface area is 149 Å². The molecule has 132 valence electrons. The zero-order valence-electron chi connectivity index (χ0n) is 14.4. The summed E-state index contributed by atoms with van der Waals surface area (Å²) in [6.45, 7) is 5.19. The van der Waals surface area contributed by atoms with Crippen LogP contribution in [0.1, 0.15) is 58.1 Å². The number of halogens is 1. The first-order valence-electron chi connectivity index (χ1n) is 8.46. The van der Waals surface area contributed by atoms with E-state index >= 15 is 0 Å². The van der Waals surface area contributed by atoms with Crippen LogP contribution in [0.15, 0.2) is 24.3 Å². The molecule has 0 atom stereocenters. The molecule has 4 nitrogen and oxygen atoms in total. The van der Waals surface area contributed by atoms with Gasteiger partial charge >= 0.3 is 0 Å². The molecule has 0 amide bonds. The molecule has 1 saturated carbocycles. The van der Waals surface area contributed by atoms with Gasteiger partial charge in [0.15, 0.2) is 0 Å². The smallest absolute Gasteiger partial charge is 0.216 e. The Hall–Kier alpha value is -1.04. The van der Waals surface area contributed by atoms with Crippen molar-refractivity contribution in [2.75, 3.05) is 0 Å². The lowest BCUT2D eigenvalue weighted by atomic mass is 9.84. The molecule has 0 unspecified atom stereocenters. The Balaban J connectivity index is 1.67. The highest BCUT2D eigenvalue weighted by Crippen LogP contribution is 2.36. The minimum absolute atomic E-state index is 0.0402. The van der Waals surface area contributed by atoms with Crippen LogP contribution in [0.2, 0.25) is 5.02 Å². The summed E-state index contributed by atoms with van der Waals surface area (Å²) >= 11 is 6.25. The molecular formula is C18H25ClN2O2S. The molecule has 0 aliphatic heterocycles. The summed E-state index contributed by atoms with van der Waals surface area (Å²) in [5.41, 5.74) is 2.27. The van der Waals surface area contributed by atoms with E-state index in [2.05, 4.69) is 15.8 Å². The standard InChI is InChI=1S/C18H25ClN2O2S/c1-18(2,3)24(22,23)21-13-9-7-12(8-10-13)17-11-14-15(19)5-4-6-16(14)20-17/h4-6,11-13,20-21H,7-10H2,1-3H3/t12-,13-. The van der Waals surface area contributed by atoms with Gasteiger partial charge in [0.2, 0.25) is 10.0 Å². The molecule has 1 aliphatic carbocycles. The predicted molar refractivity (Wildman–Crippen MR) is 100 cm³/mol. The van der Waals surface area contributed by atoms with Crippen molar-refractivity contribution in [1.82, 2.24) is 9.71 Å². The number of aromatic amines is 1. The van der Waals surface area contributed by atoms with E-state index in [9.17, 15) is 8.42 Å². The van der Waals surface area contributed by atoms with Crippen molar-refractivity contribution in [3.05, 3.63) is 35.0 Å². The van der Waals surface area contributed by atoms with Crippen molar-refractivity contribution in [2.45, 2.75) is 63.2 Å². The van der Waals surface area contributed by atoms with Gasteiger partial charge < -0.3 is 4.98 Å². The summed E-state index contributed by atoms with van der Waals surface area (Å²) < 4.78 is 26.7. The van der Waals surface area contributed by atoms with Crippen LogP contribution in [0.5, 0.6) is 0 Å². The number of rotatable bonds is 3. The third kappa shape index (κ3) is 3.48. The van der Waals surface area contributed by atoms with Crippen LogP contribution in [0, 0.1) is 0 Å². The Morgan fingerprint density at radius 3 is 2.42 bits per heavy atom. The first kappa shape index (κ1) is 17.8. The van der Waals surface area contributed by atoms with Gasteiger partial charge in [-0.05, 0) is 70.6 Å². The number of hydrogen-bond donors (Lipinski definition) is 2. The van der Waals surface area contributed by atoms with Crippen molar-refractivity contribution in [3.8, 4) is 0 Å². The highest BCUT2D eigenvalue weighted by Gasteiger charge is 2.33. The van der Waals surface area contributed by atoms with E-state index in [0.717, 1.165) is 41.6 Å². The molecule has 1 fully saturated rings. The van der Waals surface area contributed by atoms with E-state index in [-0.39, 0.29) is 6.04 Å². The first-order valence-corrected chi connectivity index (χ1v) is 10.3. The van der Waals surface area contributed by atoms with Gasteiger partial charge in [0, 0.05) is 27.7 Å². The number of fused-ring (bicyclic) bond motifs is 1. The lowest BCUT2D eigenvalue weighted by Gasteiger charge is -2.31. The fraction of sp³-hybridized carbons (Fsp3) is 0.556. The molecule has 3 rings (SSSR count). The normalized spacial score (nSPS) is 22.8. The predicted octanol–water partition coefficient (Wildman–Crippen LogP) is 4.57. The Kier molecular flexibility index (Phi) is 4.71. The molecule has 0 radical (unpaired) electrons. The van der Waals surface area contributed by atoms with Crippen molar-refractivity contribution >= 4 is 32.5 Å². The molecule has 1 heterocycles. The Morgan fingerprint density at radius 2 is 1.83 bits per heavy atom. The van der Waals surface area contributed by atoms with Crippen molar-refractivity contribution < 1.29 is 8.42 Å². The second kappa shape index (κ2) is 6.36. The van der Waals surface area contributed by atoms with Crippen LogP contribution in [-0.2, 0) is 10.0 Å². The fourth-order valence-corrected chi connectivity index (χ4v) is 4.54. The van der Waals surface area contributed by atoms with Crippen molar-refractivity contribution in [2.24, 2.45) is 0 Å².